The fourth-order valence-corrected chi connectivity index (χ4v) is 2.71. The molecule has 1 saturated heterocycles. The van der Waals surface area contributed by atoms with Crippen LogP contribution < -0.4 is 9.80 Å². The molecule has 6 nitrogen and oxygen atoms in total. The minimum absolute atomic E-state index is 0.0254. The number of aliphatic hydroxyl groups excluding tert-OH is 1. The summed E-state index contributed by atoms with van der Waals surface area (Å²) in [6, 6.07) is 5.58. The Labute approximate surface area is 116 Å². The normalized spacial score (nSPS) is 21.1. The zero-order valence-electron chi connectivity index (χ0n) is 11.2. The van der Waals surface area contributed by atoms with Gasteiger partial charge in [0.1, 0.15) is 6.10 Å². The predicted octanol–water partition coefficient (Wildman–Crippen LogP) is 0.913. The molecular formula is C14H16N2O4. The topological polar surface area (TPSA) is 70.1 Å². The van der Waals surface area contributed by atoms with Gasteiger partial charge in [-0.15, -0.1) is 0 Å². The van der Waals surface area contributed by atoms with Crippen LogP contribution in [0.4, 0.5) is 16.2 Å². The van der Waals surface area contributed by atoms with Crippen LogP contribution in [0, 0.1) is 0 Å². The zero-order valence-corrected chi connectivity index (χ0v) is 11.2. The minimum Gasteiger partial charge on any atom is -0.441 e. The van der Waals surface area contributed by atoms with E-state index in [2.05, 4.69) is 0 Å². The van der Waals surface area contributed by atoms with E-state index in [4.69, 9.17) is 9.84 Å². The highest BCUT2D eigenvalue weighted by Crippen LogP contribution is 2.33. The summed E-state index contributed by atoms with van der Waals surface area (Å²) >= 11 is 0. The third kappa shape index (κ3) is 2.02. The van der Waals surface area contributed by atoms with Crippen LogP contribution in [0.3, 0.4) is 0 Å². The lowest BCUT2D eigenvalue weighted by Gasteiger charge is -2.17. The fraction of sp³-hybridized carbons (Fsp3) is 0.429. The number of carbonyl (C=O) groups excluding carboxylic acids is 2. The molecule has 106 valence electrons. The van der Waals surface area contributed by atoms with Crippen molar-refractivity contribution in [2.24, 2.45) is 0 Å². The molecule has 0 radical (unpaired) electrons. The number of benzene rings is 1. The number of nitrogens with zero attached hydrogens (tertiary/aromatic N) is 2. The highest BCUT2D eigenvalue weighted by Gasteiger charge is 2.32. The lowest BCUT2D eigenvalue weighted by Crippen LogP contribution is -2.26. The third-order valence-corrected chi connectivity index (χ3v) is 3.73. The molecule has 3 rings (SSSR count). The standard InChI is InChI=1S/C14H16N2O4/c1-9(18)15-5-4-10-6-11(2-3-13(10)15)16-7-12(8-17)20-14(16)19/h2-3,6,12,17H,4-5,7-8H2,1H3/t12-/m1/s1. The summed E-state index contributed by atoms with van der Waals surface area (Å²) in [6.45, 7) is 2.40. The monoisotopic (exact) mass is 276 g/mol. The fourth-order valence-electron chi connectivity index (χ4n) is 2.71. The molecule has 0 aliphatic carbocycles. The number of carbonyl (C=O) groups is 2. The second-order valence-corrected chi connectivity index (χ2v) is 5.03. The van der Waals surface area contributed by atoms with Gasteiger partial charge in [-0.1, -0.05) is 0 Å². The summed E-state index contributed by atoms with van der Waals surface area (Å²) < 4.78 is 5.03. The van der Waals surface area contributed by atoms with Crippen LogP contribution in [0.2, 0.25) is 0 Å². The molecule has 2 amide bonds. The van der Waals surface area contributed by atoms with Crippen molar-refractivity contribution in [3.05, 3.63) is 23.8 Å². The Morgan fingerprint density at radius 2 is 2.30 bits per heavy atom. The van der Waals surface area contributed by atoms with E-state index in [1.165, 1.54) is 4.90 Å². The first-order chi connectivity index (χ1) is 9.60. The van der Waals surface area contributed by atoms with Crippen molar-refractivity contribution >= 4 is 23.4 Å². The molecule has 0 bridgehead atoms. The van der Waals surface area contributed by atoms with E-state index >= 15 is 0 Å². The van der Waals surface area contributed by atoms with Gasteiger partial charge in [0.15, 0.2) is 0 Å². The molecule has 0 unspecified atom stereocenters. The molecule has 1 aromatic rings. The van der Waals surface area contributed by atoms with Crippen LogP contribution in [0.25, 0.3) is 0 Å². The molecular weight excluding hydrogens is 260 g/mol. The molecule has 0 saturated carbocycles. The van der Waals surface area contributed by atoms with Crippen LogP contribution in [0.5, 0.6) is 0 Å². The van der Waals surface area contributed by atoms with Crippen molar-refractivity contribution in [2.45, 2.75) is 19.4 Å². The van der Waals surface area contributed by atoms with E-state index in [-0.39, 0.29) is 12.5 Å². The predicted molar refractivity (Wildman–Crippen MR) is 72.9 cm³/mol. The van der Waals surface area contributed by atoms with Crippen molar-refractivity contribution in [3.8, 4) is 0 Å². The van der Waals surface area contributed by atoms with Crippen LogP contribution in [-0.4, -0.2) is 42.9 Å². The number of fused-ring (bicyclic) bond motifs is 1. The molecule has 1 aromatic carbocycles. The van der Waals surface area contributed by atoms with Crippen molar-refractivity contribution < 1.29 is 19.4 Å². The van der Waals surface area contributed by atoms with Gasteiger partial charge in [0.05, 0.1) is 13.2 Å². The summed E-state index contributed by atoms with van der Waals surface area (Å²) in [5.41, 5.74) is 2.71. The molecule has 0 spiro atoms. The number of cyclic esters (lactones) is 1. The van der Waals surface area contributed by atoms with Gasteiger partial charge in [0, 0.05) is 24.8 Å². The largest absolute Gasteiger partial charge is 0.441 e. The molecule has 2 heterocycles. The van der Waals surface area contributed by atoms with Crippen LogP contribution in [-0.2, 0) is 16.0 Å². The number of ether oxygens (including phenoxy) is 1. The number of hydrogen-bond donors (Lipinski definition) is 1. The van der Waals surface area contributed by atoms with E-state index in [9.17, 15) is 9.59 Å². The lowest BCUT2D eigenvalue weighted by molar-refractivity contribution is -0.116. The molecule has 1 atom stereocenters. The van der Waals surface area contributed by atoms with Gasteiger partial charge in [-0.3, -0.25) is 9.69 Å². The van der Waals surface area contributed by atoms with Crippen molar-refractivity contribution in [3.63, 3.8) is 0 Å². The Morgan fingerprint density at radius 1 is 1.50 bits per heavy atom. The van der Waals surface area contributed by atoms with E-state index in [1.54, 1.807) is 17.9 Å². The van der Waals surface area contributed by atoms with Gasteiger partial charge in [-0.2, -0.15) is 0 Å². The van der Waals surface area contributed by atoms with Crippen LogP contribution >= 0.6 is 0 Å². The summed E-state index contributed by atoms with van der Waals surface area (Å²) in [5.74, 6) is 0.0254. The Bertz CT molecular complexity index is 572. The maximum absolute atomic E-state index is 11.7. The Balaban J connectivity index is 1.87. The molecule has 2 aliphatic rings. The molecule has 0 aromatic heterocycles. The van der Waals surface area contributed by atoms with Crippen molar-refractivity contribution in [1.29, 1.82) is 0 Å². The lowest BCUT2D eigenvalue weighted by atomic mass is 10.1. The average molecular weight is 276 g/mol. The highest BCUT2D eigenvalue weighted by molar-refractivity contribution is 5.95. The first kappa shape index (κ1) is 12.9. The summed E-state index contributed by atoms with van der Waals surface area (Å²) in [4.78, 5) is 26.5. The first-order valence-electron chi connectivity index (χ1n) is 6.60. The van der Waals surface area contributed by atoms with Crippen molar-refractivity contribution in [2.75, 3.05) is 29.5 Å². The second kappa shape index (κ2) is 4.79. The Kier molecular flexibility index (Phi) is 3.10. The number of aliphatic hydroxyl groups is 1. The number of amides is 2. The van der Waals surface area contributed by atoms with Gasteiger partial charge >= 0.3 is 6.09 Å². The van der Waals surface area contributed by atoms with E-state index in [0.29, 0.717) is 13.1 Å². The van der Waals surface area contributed by atoms with Crippen LogP contribution in [0.15, 0.2) is 18.2 Å². The first-order valence-corrected chi connectivity index (χ1v) is 6.60. The van der Waals surface area contributed by atoms with E-state index in [1.807, 2.05) is 12.1 Å². The maximum atomic E-state index is 11.7. The molecule has 1 N–H and O–H groups in total. The SMILES string of the molecule is CC(=O)N1CCc2cc(N3C[C@H](CO)OC3=O)ccc21. The van der Waals surface area contributed by atoms with E-state index in [0.717, 1.165) is 23.4 Å². The van der Waals surface area contributed by atoms with Gasteiger partial charge in [-0.25, -0.2) is 4.79 Å². The van der Waals surface area contributed by atoms with Crippen molar-refractivity contribution in [1.82, 2.24) is 0 Å². The highest BCUT2D eigenvalue weighted by atomic mass is 16.6. The summed E-state index contributed by atoms with van der Waals surface area (Å²) in [6.07, 6.45) is -0.121. The maximum Gasteiger partial charge on any atom is 0.414 e. The molecule has 1 fully saturated rings. The Hall–Kier alpha value is -2.08. The summed E-state index contributed by atoms with van der Waals surface area (Å²) in [5, 5.41) is 9.05. The van der Waals surface area contributed by atoms with Gasteiger partial charge in [0.2, 0.25) is 5.91 Å². The minimum atomic E-state index is -0.468. The molecule has 20 heavy (non-hydrogen) atoms. The molecule has 6 heteroatoms. The smallest absolute Gasteiger partial charge is 0.414 e. The van der Waals surface area contributed by atoms with Crippen LogP contribution in [0.1, 0.15) is 12.5 Å². The third-order valence-electron chi connectivity index (χ3n) is 3.73. The summed E-state index contributed by atoms with van der Waals surface area (Å²) in [7, 11) is 0. The number of hydrogen-bond acceptors (Lipinski definition) is 4. The Morgan fingerprint density at radius 3 is 2.95 bits per heavy atom. The second-order valence-electron chi connectivity index (χ2n) is 5.03. The zero-order chi connectivity index (χ0) is 14.3. The van der Waals surface area contributed by atoms with E-state index < -0.39 is 12.2 Å². The number of anilines is 2. The van der Waals surface area contributed by atoms with Gasteiger partial charge < -0.3 is 14.7 Å². The average Bonchev–Trinajstić information content (AvgIpc) is 3.01. The molecule has 2 aliphatic heterocycles. The van der Waals surface area contributed by atoms with Gasteiger partial charge in [0.25, 0.3) is 0 Å². The number of rotatable bonds is 2. The van der Waals surface area contributed by atoms with Gasteiger partial charge in [-0.05, 0) is 30.2 Å². The quantitative estimate of drug-likeness (QED) is 0.871.